The van der Waals surface area contributed by atoms with E-state index in [2.05, 4.69) is 0 Å². The molecule has 1 N–H and O–H groups in total. The van der Waals surface area contributed by atoms with Gasteiger partial charge in [0, 0.05) is 19.2 Å². The Kier molecular flexibility index (Phi) is 3.47. The number of nitro groups is 1. The average molecular weight is 254 g/mol. The van der Waals surface area contributed by atoms with Gasteiger partial charge in [0.05, 0.1) is 22.8 Å². The van der Waals surface area contributed by atoms with Crippen molar-refractivity contribution in [3.8, 4) is 0 Å². The van der Waals surface area contributed by atoms with Gasteiger partial charge in [-0.25, -0.2) is 4.39 Å². The second kappa shape index (κ2) is 4.89. The van der Waals surface area contributed by atoms with Crippen LogP contribution in [0.25, 0.3) is 0 Å². The molecule has 1 heterocycles. The van der Waals surface area contributed by atoms with E-state index in [-0.39, 0.29) is 17.7 Å². The number of halogens is 1. The van der Waals surface area contributed by atoms with Crippen LogP contribution < -0.4 is 4.90 Å². The van der Waals surface area contributed by atoms with E-state index < -0.39 is 10.7 Å². The zero-order valence-corrected chi connectivity index (χ0v) is 10.0. The molecule has 2 rings (SSSR count). The van der Waals surface area contributed by atoms with E-state index >= 15 is 0 Å². The summed E-state index contributed by atoms with van der Waals surface area (Å²) in [4.78, 5) is 11.7. The van der Waals surface area contributed by atoms with Gasteiger partial charge in [-0.2, -0.15) is 0 Å². The molecule has 1 aliphatic heterocycles. The molecule has 6 heteroatoms. The number of non-ortho nitro benzene ring substituents is 1. The molecule has 1 aromatic rings. The minimum Gasteiger partial charge on any atom is -0.393 e. The summed E-state index contributed by atoms with van der Waals surface area (Å²) >= 11 is 0. The van der Waals surface area contributed by atoms with Gasteiger partial charge in [0.25, 0.3) is 5.69 Å². The number of aliphatic hydroxyl groups is 1. The molecule has 1 aliphatic rings. The number of nitrogens with zero attached hydrogens (tertiary/aromatic N) is 2. The molecule has 5 nitrogen and oxygen atoms in total. The van der Waals surface area contributed by atoms with Crippen LogP contribution in [0.5, 0.6) is 0 Å². The summed E-state index contributed by atoms with van der Waals surface area (Å²) in [6.45, 7) is 3.01. The normalized spacial score (nSPS) is 24.1. The van der Waals surface area contributed by atoms with E-state index in [0.717, 1.165) is 6.07 Å². The summed E-state index contributed by atoms with van der Waals surface area (Å²) < 4.78 is 13.8. The second-order valence-electron chi connectivity index (χ2n) is 4.67. The van der Waals surface area contributed by atoms with Gasteiger partial charge in [0.2, 0.25) is 0 Å². The number of aliphatic hydroxyl groups excluding tert-OH is 1. The lowest BCUT2D eigenvalue weighted by Gasteiger charge is -2.36. The topological polar surface area (TPSA) is 66.6 Å². The first-order chi connectivity index (χ1) is 8.49. The van der Waals surface area contributed by atoms with E-state index in [1.54, 1.807) is 0 Å². The van der Waals surface area contributed by atoms with Crippen molar-refractivity contribution in [3.05, 3.63) is 34.1 Å². The van der Waals surface area contributed by atoms with Crippen molar-refractivity contribution < 1.29 is 14.4 Å². The first-order valence-corrected chi connectivity index (χ1v) is 5.86. The van der Waals surface area contributed by atoms with Crippen molar-refractivity contribution in [2.45, 2.75) is 19.4 Å². The highest BCUT2D eigenvalue weighted by molar-refractivity contribution is 5.52. The maximum absolute atomic E-state index is 13.8. The van der Waals surface area contributed by atoms with Crippen LogP contribution >= 0.6 is 0 Å². The van der Waals surface area contributed by atoms with Gasteiger partial charge in [-0.1, -0.05) is 6.92 Å². The third-order valence-electron chi connectivity index (χ3n) is 3.34. The van der Waals surface area contributed by atoms with Crippen LogP contribution in [0.2, 0.25) is 0 Å². The first kappa shape index (κ1) is 12.8. The van der Waals surface area contributed by atoms with Gasteiger partial charge in [-0.15, -0.1) is 0 Å². The Morgan fingerprint density at radius 3 is 2.83 bits per heavy atom. The molecule has 0 aliphatic carbocycles. The molecule has 0 radical (unpaired) electrons. The van der Waals surface area contributed by atoms with Crippen LogP contribution in [0.4, 0.5) is 15.8 Å². The number of hydrogen-bond donors (Lipinski definition) is 1. The number of rotatable bonds is 2. The predicted octanol–water partition coefficient (Wildman–Crippen LogP) is 1.94. The van der Waals surface area contributed by atoms with Gasteiger partial charge in [0.1, 0.15) is 0 Å². The van der Waals surface area contributed by atoms with Crippen molar-refractivity contribution in [1.82, 2.24) is 0 Å². The Labute approximate surface area is 104 Å². The van der Waals surface area contributed by atoms with Crippen molar-refractivity contribution >= 4 is 11.4 Å². The van der Waals surface area contributed by atoms with Crippen LogP contribution in [-0.2, 0) is 0 Å². The monoisotopic (exact) mass is 254 g/mol. The molecule has 0 saturated carbocycles. The SMILES string of the molecule is CC1CN(c2ccc([N+](=O)[O-])cc2F)CCC1O. The molecule has 98 valence electrons. The molecule has 1 aromatic carbocycles. The van der Waals surface area contributed by atoms with Crippen molar-refractivity contribution in [3.63, 3.8) is 0 Å². The van der Waals surface area contributed by atoms with E-state index in [4.69, 9.17) is 0 Å². The molecular weight excluding hydrogens is 239 g/mol. The summed E-state index contributed by atoms with van der Waals surface area (Å²) in [5.41, 5.74) is 0.112. The van der Waals surface area contributed by atoms with Crippen LogP contribution in [0.1, 0.15) is 13.3 Å². The van der Waals surface area contributed by atoms with Crippen LogP contribution in [0.15, 0.2) is 18.2 Å². The summed E-state index contributed by atoms with van der Waals surface area (Å²) in [5, 5.41) is 20.1. The molecule has 0 bridgehead atoms. The van der Waals surface area contributed by atoms with E-state index in [1.165, 1.54) is 12.1 Å². The summed E-state index contributed by atoms with van der Waals surface area (Å²) in [5.74, 6) is -0.527. The third kappa shape index (κ3) is 2.43. The summed E-state index contributed by atoms with van der Waals surface area (Å²) in [6, 6.07) is 3.66. The standard InChI is InChI=1S/C12H15FN2O3/c1-8-7-14(5-4-12(8)16)11-3-2-9(15(17)18)6-10(11)13/h2-3,6,8,12,16H,4-5,7H2,1H3. The Hall–Kier alpha value is -1.69. The zero-order chi connectivity index (χ0) is 13.3. The Morgan fingerprint density at radius 1 is 1.56 bits per heavy atom. The van der Waals surface area contributed by atoms with E-state index in [9.17, 15) is 19.6 Å². The third-order valence-corrected chi connectivity index (χ3v) is 3.34. The minimum absolute atomic E-state index is 0.0633. The highest BCUT2D eigenvalue weighted by Gasteiger charge is 2.26. The molecule has 0 amide bonds. The van der Waals surface area contributed by atoms with Crippen LogP contribution in [0, 0.1) is 21.8 Å². The zero-order valence-electron chi connectivity index (χ0n) is 10.0. The number of benzene rings is 1. The number of piperidine rings is 1. The average Bonchev–Trinajstić information content (AvgIpc) is 2.32. The molecule has 2 unspecified atom stereocenters. The lowest BCUT2D eigenvalue weighted by atomic mass is 9.96. The molecule has 1 fully saturated rings. The molecule has 2 atom stereocenters. The van der Waals surface area contributed by atoms with Crippen molar-refractivity contribution in [2.75, 3.05) is 18.0 Å². The predicted molar refractivity (Wildman–Crippen MR) is 65.1 cm³/mol. The lowest BCUT2D eigenvalue weighted by Crippen LogP contribution is -2.42. The van der Waals surface area contributed by atoms with Gasteiger partial charge in [0.15, 0.2) is 5.82 Å². The summed E-state index contributed by atoms with van der Waals surface area (Å²) in [7, 11) is 0. The van der Waals surface area contributed by atoms with Crippen molar-refractivity contribution in [2.24, 2.45) is 5.92 Å². The lowest BCUT2D eigenvalue weighted by molar-refractivity contribution is -0.385. The Morgan fingerprint density at radius 2 is 2.28 bits per heavy atom. The molecule has 18 heavy (non-hydrogen) atoms. The second-order valence-corrected chi connectivity index (χ2v) is 4.67. The van der Waals surface area contributed by atoms with Crippen molar-refractivity contribution in [1.29, 1.82) is 0 Å². The van der Waals surface area contributed by atoms with Gasteiger partial charge >= 0.3 is 0 Å². The Balaban J connectivity index is 2.21. The van der Waals surface area contributed by atoms with Gasteiger partial charge < -0.3 is 10.0 Å². The maximum Gasteiger partial charge on any atom is 0.272 e. The maximum atomic E-state index is 13.8. The van der Waals surface area contributed by atoms with Crippen LogP contribution in [0.3, 0.4) is 0 Å². The molecule has 0 spiro atoms. The molecular formula is C12H15FN2O3. The fourth-order valence-electron chi connectivity index (χ4n) is 2.22. The smallest absolute Gasteiger partial charge is 0.272 e. The van der Waals surface area contributed by atoms with E-state index in [1.807, 2.05) is 11.8 Å². The fourth-order valence-corrected chi connectivity index (χ4v) is 2.22. The minimum atomic E-state index is -0.616. The fraction of sp³-hybridized carbons (Fsp3) is 0.500. The van der Waals surface area contributed by atoms with E-state index in [0.29, 0.717) is 25.2 Å². The van der Waals surface area contributed by atoms with Gasteiger partial charge in [-0.05, 0) is 18.4 Å². The highest BCUT2D eigenvalue weighted by atomic mass is 19.1. The Bertz CT molecular complexity index is 467. The quantitative estimate of drug-likeness (QED) is 0.647. The van der Waals surface area contributed by atoms with Gasteiger partial charge in [-0.3, -0.25) is 10.1 Å². The number of nitro benzene ring substituents is 1. The highest BCUT2D eigenvalue weighted by Crippen LogP contribution is 2.28. The number of anilines is 1. The van der Waals surface area contributed by atoms with Crippen LogP contribution in [-0.4, -0.2) is 29.2 Å². The largest absolute Gasteiger partial charge is 0.393 e. The summed E-state index contributed by atoms with van der Waals surface area (Å²) in [6.07, 6.45) is 0.222. The number of hydrogen-bond acceptors (Lipinski definition) is 4. The first-order valence-electron chi connectivity index (χ1n) is 5.86. The molecule has 1 saturated heterocycles. The molecule has 0 aromatic heterocycles.